The lowest BCUT2D eigenvalue weighted by Gasteiger charge is -2.00. The van der Waals surface area contributed by atoms with Gasteiger partial charge in [-0.2, -0.15) is 0 Å². The number of ether oxygens (including phenoxy) is 2. The van der Waals surface area contributed by atoms with Crippen molar-refractivity contribution in [2.24, 2.45) is 0 Å². The molecule has 0 aliphatic rings. The second-order valence-electron chi connectivity index (χ2n) is 5.47. The van der Waals surface area contributed by atoms with Crippen molar-refractivity contribution in [1.82, 2.24) is 19.9 Å². The second-order valence-corrected chi connectivity index (χ2v) is 7.58. The number of aromatic nitrogens is 4. The van der Waals surface area contributed by atoms with Crippen LogP contribution in [0.5, 0.6) is 11.5 Å². The van der Waals surface area contributed by atoms with E-state index in [0.717, 1.165) is 43.9 Å². The molecule has 2 heterocycles. The number of hydrogen-bond donors (Lipinski definition) is 2. The monoisotopic (exact) mass is 386 g/mol. The molecule has 0 atom stereocenters. The molecule has 26 heavy (non-hydrogen) atoms. The maximum Gasteiger partial charge on any atom is 0.177 e. The van der Waals surface area contributed by atoms with Crippen molar-refractivity contribution >= 4 is 43.7 Å². The Morgan fingerprint density at radius 1 is 0.769 bits per heavy atom. The number of imidazole rings is 2. The first kappa shape index (κ1) is 17.1. The summed E-state index contributed by atoms with van der Waals surface area (Å²) in [7, 11) is 3.06. The topological polar surface area (TPSA) is 75.8 Å². The highest BCUT2D eigenvalue weighted by molar-refractivity contribution is 8.76. The Kier molecular flexibility index (Phi) is 4.94. The molecule has 134 valence electrons. The molecule has 0 amide bonds. The van der Waals surface area contributed by atoms with Gasteiger partial charge < -0.3 is 19.4 Å². The molecule has 0 radical (unpaired) electrons. The summed E-state index contributed by atoms with van der Waals surface area (Å²) in [5.74, 6) is 1.69. The van der Waals surface area contributed by atoms with Crippen LogP contribution in [-0.2, 0) is 0 Å². The van der Waals surface area contributed by atoms with Crippen LogP contribution in [0.3, 0.4) is 0 Å². The molecule has 8 heteroatoms. The molecular weight excluding hydrogens is 368 g/mol. The molecule has 0 saturated carbocycles. The molecule has 2 aromatic carbocycles. The van der Waals surface area contributed by atoms with E-state index >= 15 is 0 Å². The van der Waals surface area contributed by atoms with Gasteiger partial charge in [-0.1, -0.05) is 0 Å². The normalized spacial score (nSPS) is 11.3. The van der Waals surface area contributed by atoms with Crippen LogP contribution >= 0.6 is 21.6 Å². The van der Waals surface area contributed by atoms with Gasteiger partial charge in [0, 0.05) is 12.1 Å². The van der Waals surface area contributed by atoms with Crippen LogP contribution < -0.4 is 9.47 Å². The lowest BCUT2D eigenvalue weighted by Crippen LogP contribution is -1.90. The Bertz CT molecular complexity index is 960. The summed E-state index contributed by atoms with van der Waals surface area (Å²) in [5, 5.41) is 1.66. The summed E-state index contributed by atoms with van der Waals surface area (Å²) in [5.41, 5.74) is 3.76. The SMILES string of the molecule is CCOc1ccc2nc(SSc3nc4ccc(OCC)cc4[nH]3)[nH]c2c1. The van der Waals surface area contributed by atoms with E-state index in [-0.39, 0.29) is 0 Å². The number of hydrogen-bond acceptors (Lipinski definition) is 6. The number of H-pyrrole nitrogens is 2. The fourth-order valence-electron chi connectivity index (χ4n) is 2.60. The number of nitrogens with one attached hydrogen (secondary N) is 2. The van der Waals surface area contributed by atoms with Crippen molar-refractivity contribution in [3.63, 3.8) is 0 Å². The van der Waals surface area contributed by atoms with E-state index in [2.05, 4.69) is 19.9 Å². The molecule has 0 bridgehead atoms. The van der Waals surface area contributed by atoms with E-state index < -0.39 is 0 Å². The van der Waals surface area contributed by atoms with Gasteiger partial charge in [0.2, 0.25) is 0 Å². The first-order valence-electron chi connectivity index (χ1n) is 8.35. The van der Waals surface area contributed by atoms with Gasteiger partial charge in [0.05, 0.1) is 35.3 Å². The van der Waals surface area contributed by atoms with Crippen LogP contribution in [0.25, 0.3) is 22.1 Å². The molecule has 2 N–H and O–H groups in total. The van der Waals surface area contributed by atoms with E-state index in [1.165, 1.54) is 21.6 Å². The summed E-state index contributed by atoms with van der Waals surface area (Å²) >= 11 is 0. The minimum Gasteiger partial charge on any atom is -0.494 e. The van der Waals surface area contributed by atoms with Crippen molar-refractivity contribution in [3.05, 3.63) is 36.4 Å². The minimum absolute atomic E-state index is 0.647. The van der Waals surface area contributed by atoms with Gasteiger partial charge in [-0.05, 0) is 59.7 Å². The zero-order valence-corrected chi connectivity index (χ0v) is 16.0. The van der Waals surface area contributed by atoms with Gasteiger partial charge in [0.15, 0.2) is 10.3 Å². The van der Waals surface area contributed by atoms with Crippen LogP contribution in [0.2, 0.25) is 0 Å². The first-order valence-corrected chi connectivity index (χ1v) is 10.5. The lowest BCUT2D eigenvalue weighted by molar-refractivity contribution is 0.340. The largest absolute Gasteiger partial charge is 0.494 e. The van der Waals surface area contributed by atoms with Gasteiger partial charge in [0.25, 0.3) is 0 Å². The predicted molar refractivity (Wildman–Crippen MR) is 106 cm³/mol. The van der Waals surface area contributed by atoms with E-state index in [1.54, 1.807) is 0 Å². The highest BCUT2D eigenvalue weighted by atomic mass is 33.1. The van der Waals surface area contributed by atoms with E-state index in [1.807, 2.05) is 50.2 Å². The average molecular weight is 387 g/mol. The van der Waals surface area contributed by atoms with Crippen LogP contribution in [0.15, 0.2) is 46.7 Å². The lowest BCUT2D eigenvalue weighted by atomic mass is 10.3. The molecule has 6 nitrogen and oxygen atoms in total. The minimum atomic E-state index is 0.647. The van der Waals surface area contributed by atoms with Gasteiger partial charge >= 0.3 is 0 Å². The van der Waals surface area contributed by atoms with Crippen LogP contribution in [0.1, 0.15) is 13.8 Å². The first-order chi connectivity index (χ1) is 12.7. The van der Waals surface area contributed by atoms with E-state index in [0.29, 0.717) is 13.2 Å². The zero-order valence-electron chi connectivity index (χ0n) is 14.4. The molecule has 0 unspecified atom stereocenters. The van der Waals surface area contributed by atoms with Crippen molar-refractivity contribution in [1.29, 1.82) is 0 Å². The second kappa shape index (κ2) is 7.51. The number of benzene rings is 2. The number of fused-ring (bicyclic) bond motifs is 2. The Morgan fingerprint density at radius 3 is 1.65 bits per heavy atom. The van der Waals surface area contributed by atoms with Gasteiger partial charge in [-0.15, -0.1) is 0 Å². The average Bonchev–Trinajstić information content (AvgIpc) is 3.22. The summed E-state index contributed by atoms with van der Waals surface area (Å²) in [6.45, 7) is 5.24. The molecule has 0 saturated heterocycles. The predicted octanol–water partition coefficient (Wildman–Crippen LogP) is 5.04. The number of rotatable bonds is 7. The summed E-state index contributed by atoms with van der Waals surface area (Å²) in [6.07, 6.45) is 0. The van der Waals surface area contributed by atoms with E-state index in [4.69, 9.17) is 9.47 Å². The Morgan fingerprint density at radius 2 is 1.23 bits per heavy atom. The molecule has 4 rings (SSSR count). The molecule has 0 aliphatic heterocycles. The van der Waals surface area contributed by atoms with Crippen LogP contribution in [0, 0.1) is 0 Å². The fourth-order valence-corrected chi connectivity index (χ4v) is 4.28. The third kappa shape index (κ3) is 3.61. The summed E-state index contributed by atoms with van der Waals surface area (Å²) in [6, 6.07) is 11.7. The maximum absolute atomic E-state index is 5.53. The molecule has 4 aromatic rings. The number of nitrogens with zero attached hydrogens (tertiary/aromatic N) is 2. The van der Waals surface area contributed by atoms with Crippen molar-refractivity contribution in [3.8, 4) is 11.5 Å². The van der Waals surface area contributed by atoms with Gasteiger partial charge in [0.1, 0.15) is 11.5 Å². The summed E-state index contributed by atoms with van der Waals surface area (Å²) < 4.78 is 11.1. The van der Waals surface area contributed by atoms with E-state index in [9.17, 15) is 0 Å². The fraction of sp³-hybridized carbons (Fsp3) is 0.222. The smallest absolute Gasteiger partial charge is 0.177 e. The third-order valence-electron chi connectivity index (χ3n) is 3.68. The van der Waals surface area contributed by atoms with Crippen molar-refractivity contribution < 1.29 is 9.47 Å². The third-order valence-corrected chi connectivity index (χ3v) is 5.67. The van der Waals surface area contributed by atoms with Gasteiger partial charge in [-0.25, -0.2) is 9.97 Å². The highest BCUT2D eigenvalue weighted by Crippen LogP contribution is 2.36. The number of aromatic amines is 2. The quantitative estimate of drug-likeness (QED) is 0.434. The summed E-state index contributed by atoms with van der Waals surface area (Å²) in [4.78, 5) is 15.8. The standard InChI is InChI=1S/C18H18N4O2S2/c1-3-23-11-5-7-13-15(9-11)21-17(19-13)25-26-18-20-14-8-6-12(24-4-2)10-16(14)22-18/h5-10H,3-4H2,1-2H3,(H,19,21)(H,20,22). The van der Waals surface area contributed by atoms with Gasteiger partial charge in [-0.3, -0.25) is 0 Å². The van der Waals surface area contributed by atoms with Crippen LogP contribution in [0.4, 0.5) is 0 Å². The van der Waals surface area contributed by atoms with Crippen molar-refractivity contribution in [2.75, 3.05) is 13.2 Å². The zero-order chi connectivity index (χ0) is 17.9. The Labute approximate surface area is 158 Å². The molecular formula is C18H18N4O2S2. The maximum atomic E-state index is 5.53. The molecule has 0 aliphatic carbocycles. The van der Waals surface area contributed by atoms with Crippen LogP contribution in [-0.4, -0.2) is 33.1 Å². The Balaban J connectivity index is 1.49. The molecule has 2 aromatic heterocycles. The highest BCUT2D eigenvalue weighted by Gasteiger charge is 2.09. The molecule has 0 fully saturated rings. The van der Waals surface area contributed by atoms with Crippen molar-refractivity contribution in [2.45, 2.75) is 24.2 Å². The Hall–Kier alpha value is -2.32. The molecule has 0 spiro atoms.